The maximum atomic E-state index is 12.9. The first kappa shape index (κ1) is 18.7. The van der Waals surface area contributed by atoms with Crippen LogP contribution >= 0.6 is 0 Å². The highest BCUT2D eigenvalue weighted by Gasteiger charge is 2.42. The van der Waals surface area contributed by atoms with Crippen LogP contribution in [0.4, 0.5) is 13.2 Å². The summed E-state index contributed by atoms with van der Waals surface area (Å²) in [6.45, 7) is 6.20. The van der Waals surface area contributed by atoms with Gasteiger partial charge in [-0.15, -0.1) is 0 Å². The lowest BCUT2D eigenvalue weighted by atomic mass is 9.80. The van der Waals surface area contributed by atoms with Crippen molar-refractivity contribution in [1.82, 2.24) is 19.9 Å². The Hall–Kier alpha value is -1.63. The Labute approximate surface area is 157 Å². The van der Waals surface area contributed by atoms with Gasteiger partial charge in [-0.1, -0.05) is 6.92 Å². The predicted molar refractivity (Wildman–Crippen MR) is 97.9 cm³/mol. The molecule has 0 bridgehead atoms. The van der Waals surface area contributed by atoms with E-state index in [1.165, 1.54) is 0 Å². The standard InChI is InChI=1S/C20H27F3N4/c1-12-7-15(11-24-10-12)18-8-13(2)25-19-9-17(26-27(18)19)14-3-5-16(6-4-14)20(21,22)23/h8-9,12,14-16,24H,3-7,10-11H2,1-2H3/t12-,14?,15+,16?/m1/s1. The number of piperidine rings is 1. The Morgan fingerprint density at radius 3 is 2.48 bits per heavy atom. The summed E-state index contributed by atoms with van der Waals surface area (Å²) in [5.74, 6) is -0.0648. The summed E-state index contributed by atoms with van der Waals surface area (Å²) >= 11 is 0. The zero-order chi connectivity index (χ0) is 19.2. The Morgan fingerprint density at radius 2 is 1.81 bits per heavy atom. The maximum Gasteiger partial charge on any atom is 0.391 e. The van der Waals surface area contributed by atoms with Crippen molar-refractivity contribution in [2.45, 2.75) is 64.0 Å². The second-order valence-corrected chi connectivity index (χ2v) is 8.45. The highest BCUT2D eigenvalue weighted by Crippen LogP contribution is 2.42. The second kappa shape index (κ2) is 7.08. The van der Waals surface area contributed by atoms with Crippen LogP contribution in [-0.2, 0) is 0 Å². The summed E-state index contributed by atoms with van der Waals surface area (Å²) in [6, 6.07) is 4.09. The molecule has 1 N–H and O–H groups in total. The summed E-state index contributed by atoms with van der Waals surface area (Å²) in [5.41, 5.74) is 3.83. The van der Waals surface area contributed by atoms with Crippen molar-refractivity contribution in [2.24, 2.45) is 11.8 Å². The van der Waals surface area contributed by atoms with Crippen molar-refractivity contribution >= 4 is 5.65 Å². The van der Waals surface area contributed by atoms with E-state index in [0.29, 0.717) is 24.7 Å². The van der Waals surface area contributed by atoms with Gasteiger partial charge >= 0.3 is 6.18 Å². The fraction of sp³-hybridized carbons (Fsp3) is 0.700. The average Bonchev–Trinajstić information content (AvgIpc) is 3.04. The molecule has 27 heavy (non-hydrogen) atoms. The van der Waals surface area contributed by atoms with Gasteiger partial charge in [-0.05, 0) is 57.6 Å². The minimum absolute atomic E-state index is 0.0989. The first-order valence-corrected chi connectivity index (χ1v) is 9.96. The molecule has 3 heterocycles. The highest BCUT2D eigenvalue weighted by atomic mass is 19.4. The van der Waals surface area contributed by atoms with E-state index in [4.69, 9.17) is 5.10 Å². The number of nitrogens with one attached hydrogen (secondary N) is 1. The molecule has 148 valence electrons. The van der Waals surface area contributed by atoms with Gasteiger partial charge in [0.15, 0.2) is 5.65 Å². The Kier molecular flexibility index (Phi) is 4.91. The average molecular weight is 380 g/mol. The summed E-state index contributed by atoms with van der Waals surface area (Å²) in [6.07, 6.45) is -1.47. The quantitative estimate of drug-likeness (QED) is 0.829. The van der Waals surface area contributed by atoms with Gasteiger partial charge in [-0.2, -0.15) is 18.3 Å². The van der Waals surface area contributed by atoms with Crippen LogP contribution in [0.25, 0.3) is 5.65 Å². The van der Waals surface area contributed by atoms with E-state index in [1.807, 2.05) is 17.5 Å². The first-order valence-electron chi connectivity index (χ1n) is 9.96. The van der Waals surface area contributed by atoms with Crippen molar-refractivity contribution in [3.8, 4) is 0 Å². The van der Waals surface area contributed by atoms with E-state index in [2.05, 4.69) is 23.3 Å². The first-order chi connectivity index (χ1) is 12.8. The molecule has 1 aliphatic heterocycles. The summed E-state index contributed by atoms with van der Waals surface area (Å²) < 4.78 is 40.7. The molecule has 1 saturated carbocycles. The smallest absolute Gasteiger partial charge is 0.316 e. The SMILES string of the molecule is Cc1cc([C@@H]2CNC[C@H](C)C2)n2nc(C3CCC(C(F)(F)F)CC3)cc2n1. The van der Waals surface area contributed by atoms with Crippen LogP contribution in [0.15, 0.2) is 12.1 Å². The number of hydrogen-bond donors (Lipinski definition) is 1. The van der Waals surface area contributed by atoms with Crippen LogP contribution in [-0.4, -0.2) is 33.9 Å². The lowest BCUT2D eigenvalue weighted by Gasteiger charge is -2.29. The molecule has 2 aromatic heterocycles. The third-order valence-electron chi connectivity index (χ3n) is 6.20. The van der Waals surface area contributed by atoms with Gasteiger partial charge in [0.05, 0.1) is 17.3 Å². The van der Waals surface area contributed by atoms with E-state index < -0.39 is 12.1 Å². The lowest BCUT2D eigenvalue weighted by Crippen LogP contribution is -2.34. The van der Waals surface area contributed by atoms with E-state index in [-0.39, 0.29) is 18.8 Å². The molecule has 4 nitrogen and oxygen atoms in total. The molecule has 4 rings (SSSR count). The third-order valence-corrected chi connectivity index (χ3v) is 6.20. The molecule has 2 fully saturated rings. The van der Waals surface area contributed by atoms with Gasteiger partial charge in [0.1, 0.15) is 0 Å². The minimum atomic E-state index is -4.07. The number of rotatable bonds is 2. The number of nitrogens with zero attached hydrogens (tertiary/aromatic N) is 3. The topological polar surface area (TPSA) is 42.2 Å². The summed E-state index contributed by atoms with van der Waals surface area (Å²) in [4.78, 5) is 4.62. The van der Waals surface area contributed by atoms with Crippen molar-refractivity contribution in [3.63, 3.8) is 0 Å². The molecular formula is C20H27F3N4. The van der Waals surface area contributed by atoms with Crippen molar-refractivity contribution in [1.29, 1.82) is 0 Å². The van der Waals surface area contributed by atoms with Crippen LogP contribution in [0.5, 0.6) is 0 Å². The number of fused-ring (bicyclic) bond motifs is 1. The van der Waals surface area contributed by atoms with Gasteiger partial charge < -0.3 is 5.32 Å². The van der Waals surface area contributed by atoms with Gasteiger partial charge in [0, 0.05) is 30.1 Å². The highest BCUT2D eigenvalue weighted by molar-refractivity contribution is 5.43. The zero-order valence-electron chi connectivity index (χ0n) is 15.9. The van der Waals surface area contributed by atoms with Gasteiger partial charge in [0.2, 0.25) is 0 Å². The number of hydrogen-bond acceptors (Lipinski definition) is 3. The monoisotopic (exact) mass is 380 g/mol. The van der Waals surface area contributed by atoms with Gasteiger partial charge in [-0.25, -0.2) is 9.50 Å². The molecule has 0 spiro atoms. The number of halogens is 3. The maximum absolute atomic E-state index is 12.9. The fourth-order valence-corrected chi connectivity index (χ4v) is 4.74. The molecule has 0 unspecified atom stereocenters. The lowest BCUT2D eigenvalue weighted by molar-refractivity contribution is -0.182. The predicted octanol–water partition coefficient (Wildman–Crippen LogP) is 4.59. The fourth-order valence-electron chi connectivity index (χ4n) is 4.74. The molecule has 2 atom stereocenters. The largest absolute Gasteiger partial charge is 0.391 e. The molecule has 0 amide bonds. The molecule has 1 saturated heterocycles. The van der Waals surface area contributed by atoms with Crippen molar-refractivity contribution in [3.05, 3.63) is 29.2 Å². The number of aryl methyl sites for hydroxylation is 1. The van der Waals surface area contributed by atoms with E-state index in [0.717, 1.165) is 42.2 Å². The number of aromatic nitrogens is 3. The van der Waals surface area contributed by atoms with Crippen LogP contribution in [0, 0.1) is 18.8 Å². The van der Waals surface area contributed by atoms with Crippen molar-refractivity contribution in [2.75, 3.05) is 13.1 Å². The zero-order valence-corrected chi connectivity index (χ0v) is 15.9. The van der Waals surface area contributed by atoms with E-state index in [1.54, 1.807) is 0 Å². The van der Waals surface area contributed by atoms with Crippen LogP contribution in [0.3, 0.4) is 0 Å². The van der Waals surface area contributed by atoms with Gasteiger partial charge in [-0.3, -0.25) is 0 Å². The molecule has 0 radical (unpaired) electrons. The normalized spacial score (nSPS) is 30.0. The summed E-state index contributed by atoms with van der Waals surface area (Å²) in [5, 5.41) is 8.30. The second-order valence-electron chi connectivity index (χ2n) is 8.45. The molecule has 1 aliphatic carbocycles. The van der Waals surface area contributed by atoms with Gasteiger partial charge in [0.25, 0.3) is 0 Å². The Balaban J connectivity index is 1.60. The van der Waals surface area contributed by atoms with Crippen LogP contribution < -0.4 is 5.32 Å². The summed E-state index contributed by atoms with van der Waals surface area (Å²) in [7, 11) is 0. The molecule has 0 aromatic carbocycles. The minimum Gasteiger partial charge on any atom is -0.316 e. The molecular weight excluding hydrogens is 353 g/mol. The van der Waals surface area contributed by atoms with Crippen LogP contribution in [0.1, 0.15) is 67.9 Å². The Bertz CT molecular complexity index is 805. The van der Waals surface area contributed by atoms with E-state index >= 15 is 0 Å². The molecule has 2 aliphatic rings. The third kappa shape index (κ3) is 3.84. The number of alkyl halides is 3. The Morgan fingerprint density at radius 1 is 1.07 bits per heavy atom. The molecule has 2 aromatic rings. The van der Waals surface area contributed by atoms with Crippen LogP contribution in [0.2, 0.25) is 0 Å². The molecule has 7 heteroatoms. The van der Waals surface area contributed by atoms with Crippen molar-refractivity contribution < 1.29 is 13.2 Å². The van der Waals surface area contributed by atoms with E-state index in [9.17, 15) is 13.2 Å².